The van der Waals surface area contributed by atoms with Gasteiger partial charge in [-0.3, -0.25) is 4.79 Å². The van der Waals surface area contributed by atoms with Gasteiger partial charge in [-0.25, -0.2) is 0 Å². The van der Waals surface area contributed by atoms with E-state index in [9.17, 15) is 9.90 Å². The Morgan fingerprint density at radius 1 is 1.26 bits per heavy atom. The van der Waals surface area contributed by atoms with Crippen molar-refractivity contribution in [1.29, 1.82) is 0 Å². The molecule has 0 bridgehead atoms. The van der Waals surface area contributed by atoms with E-state index in [0.717, 1.165) is 0 Å². The van der Waals surface area contributed by atoms with Gasteiger partial charge in [0.25, 0.3) is 5.91 Å². The number of carbonyl (C=O) groups excluding carboxylic acids is 1. The first-order valence-electron chi connectivity index (χ1n) is 5.63. The Bertz CT molecular complexity index is 641. The minimum Gasteiger partial charge on any atom is -0.508 e. The molecule has 19 heavy (non-hydrogen) atoms. The van der Waals surface area contributed by atoms with Crippen LogP contribution in [-0.4, -0.2) is 11.0 Å². The zero-order valence-corrected chi connectivity index (χ0v) is 11.0. The summed E-state index contributed by atoms with van der Waals surface area (Å²) in [5, 5.41) is 12.8. The Morgan fingerprint density at radius 2 is 2.00 bits per heavy atom. The summed E-state index contributed by atoms with van der Waals surface area (Å²) in [5.41, 5.74) is 7.69. The molecule has 4 nitrogen and oxygen atoms in total. The standard InChI is InChI=1S/C14H13ClN2O2/c1-8-2-3-9(6-13(8)18)14(19)17-12-5-4-10(15)7-11(12)16/h2-7,18H,16H2,1H3,(H,17,19). The lowest BCUT2D eigenvalue weighted by Crippen LogP contribution is -2.13. The molecule has 0 spiro atoms. The van der Waals surface area contributed by atoms with Gasteiger partial charge in [-0.15, -0.1) is 0 Å². The Morgan fingerprint density at radius 3 is 2.63 bits per heavy atom. The summed E-state index contributed by atoms with van der Waals surface area (Å²) in [4.78, 5) is 12.0. The monoisotopic (exact) mass is 276 g/mol. The van der Waals surface area contributed by atoms with Crippen molar-refractivity contribution in [2.24, 2.45) is 0 Å². The van der Waals surface area contributed by atoms with E-state index in [1.807, 2.05) is 0 Å². The molecule has 1 amide bonds. The molecule has 0 aliphatic rings. The maximum atomic E-state index is 12.0. The van der Waals surface area contributed by atoms with E-state index in [4.69, 9.17) is 17.3 Å². The van der Waals surface area contributed by atoms with Crippen LogP contribution in [0.4, 0.5) is 11.4 Å². The number of nitrogens with two attached hydrogens (primary N) is 1. The Labute approximate surface area is 115 Å². The summed E-state index contributed by atoms with van der Waals surface area (Å²) in [6, 6.07) is 9.55. The van der Waals surface area contributed by atoms with Crippen LogP contribution in [0.2, 0.25) is 5.02 Å². The molecule has 0 unspecified atom stereocenters. The third-order valence-electron chi connectivity index (χ3n) is 2.73. The van der Waals surface area contributed by atoms with Crippen LogP contribution in [0.5, 0.6) is 5.75 Å². The Kier molecular flexibility index (Phi) is 3.62. The van der Waals surface area contributed by atoms with E-state index in [2.05, 4.69) is 5.32 Å². The summed E-state index contributed by atoms with van der Waals surface area (Å²) >= 11 is 5.78. The SMILES string of the molecule is Cc1ccc(C(=O)Nc2ccc(Cl)cc2N)cc1O. The summed E-state index contributed by atoms with van der Waals surface area (Å²) < 4.78 is 0. The van der Waals surface area contributed by atoms with Crippen molar-refractivity contribution in [3.05, 3.63) is 52.5 Å². The van der Waals surface area contributed by atoms with Crippen molar-refractivity contribution >= 4 is 28.9 Å². The molecule has 0 fully saturated rings. The van der Waals surface area contributed by atoms with E-state index in [1.165, 1.54) is 6.07 Å². The molecule has 0 atom stereocenters. The van der Waals surface area contributed by atoms with Gasteiger partial charge in [0.1, 0.15) is 5.75 Å². The van der Waals surface area contributed by atoms with Crippen LogP contribution in [0.3, 0.4) is 0 Å². The van der Waals surface area contributed by atoms with E-state index >= 15 is 0 Å². The summed E-state index contributed by atoms with van der Waals surface area (Å²) in [5.74, 6) is -0.263. The number of hydrogen-bond donors (Lipinski definition) is 3. The number of benzene rings is 2. The molecule has 0 radical (unpaired) electrons. The zero-order chi connectivity index (χ0) is 14.0. The topological polar surface area (TPSA) is 75.4 Å². The minimum atomic E-state index is -0.343. The van der Waals surface area contributed by atoms with Crippen LogP contribution in [0, 0.1) is 6.92 Å². The van der Waals surface area contributed by atoms with Crippen LogP contribution in [0.15, 0.2) is 36.4 Å². The molecule has 4 N–H and O–H groups in total. The fourth-order valence-electron chi connectivity index (χ4n) is 1.59. The highest BCUT2D eigenvalue weighted by Crippen LogP contribution is 2.24. The number of hydrogen-bond acceptors (Lipinski definition) is 3. The summed E-state index contributed by atoms with van der Waals surface area (Å²) in [6.45, 7) is 1.76. The van der Waals surface area contributed by atoms with Crippen molar-refractivity contribution in [3.8, 4) is 5.75 Å². The number of nitrogens with one attached hydrogen (secondary N) is 1. The Hall–Kier alpha value is -2.20. The van der Waals surface area contributed by atoms with E-state index in [0.29, 0.717) is 27.5 Å². The fourth-order valence-corrected chi connectivity index (χ4v) is 1.77. The fraction of sp³-hybridized carbons (Fsp3) is 0.0714. The van der Waals surface area contributed by atoms with Crippen LogP contribution in [-0.2, 0) is 0 Å². The molecule has 0 aliphatic carbocycles. The van der Waals surface area contributed by atoms with Gasteiger partial charge in [0, 0.05) is 10.6 Å². The number of phenolic OH excluding ortho intramolecular Hbond substituents is 1. The first kappa shape index (κ1) is 13.2. The molecule has 0 aliphatic heterocycles. The third kappa shape index (κ3) is 2.98. The average Bonchev–Trinajstić information content (AvgIpc) is 2.36. The highest BCUT2D eigenvalue weighted by molar-refractivity contribution is 6.31. The van der Waals surface area contributed by atoms with Crippen molar-refractivity contribution < 1.29 is 9.90 Å². The number of phenols is 1. The molecule has 0 saturated carbocycles. The lowest BCUT2D eigenvalue weighted by atomic mass is 10.1. The lowest BCUT2D eigenvalue weighted by molar-refractivity contribution is 0.102. The highest BCUT2D eigenvalue weighted by atomic mass is 35.5. The second kappa shape index (κ2) is 5.20. The van der Waals surface area contributed by atoms with Gasteiger partial charge in [0.05, 0.1) is 11.4 Å². The van der Waals surface area contributed by atoms with Gasteiger partial charge < -0.3 is 16.2 Å². The van der Waals surface area contributed by atoms with Crippen LogP contribution >= 0.6 is 11.6 Å². The molecule has 0 heterocycles. The smallest absolute Gasteiger partial charge is 0.255 e. The molecule has 2 aromatic rings. The van der Waals surface area contributed by atoms with Gasteiger partial charge in [0.2, 0.25) is 0 Å². The number of carbonyl (C=O) groups is 1. The van der Waals surface area contributed by atoms with Crippen LogP contribution in [0.25, 0.3) is 0 Å². The lowest BCUT2D eigenvalue weighted by Gasteiger charge is -2.09. The molecular weight excluding hydrogens is 264 g/mol. The third-order valence-corrected chi connectivity index (χ3v) is 2.97. The number of aryl methyl sites for hydroxylation is 1. The second-order valence-electron chi connectivity index (χ2n) is 4.19. The first-order chi connectivity index (χ1) is 8.97. The maximum absolute atomic E-state index is 12.0. The molecule has 98 valence electrons. The number of rotatable bonds is 2. The van der Waals surface area contributed by atoms with Crippen molar-refractivity contribution in [2.75, 3.05) is 11.1 Å². The van der Waals surface area contributed by atoms with Gasteiger partial charge in [-0.1, -0.05) is 17.7 Å². The molecule has 0 aromatic heterocycles. The zero-order valence-electron chi connectivity index (χ0n) is 10.3. The quantitative estimate of drug-likeness (QED) is 0.737. The number of anilines is 2. The first-order valence-corrected chi connectivity index (χ1v) is 6.01. The van der Waals surface area contributed by atoms with Crippen LogP contribution < -0.4 is 11.1 Å². The number of amides is 1. The minimum absolute atomic E-state index is 0.0803. The van der Waals surface area contributed by atoms with E-state index in [1.54, 1.807) is 37.3 Å². The predicted octanol–water partition coefficient (Wildman–Crippen LogP) is 3.19. The number of halogens is 1. The van der Waals surface area contributed by atoms with Crippen LogP contribution in [0.1, 0.15) is 15.9 Å². The van der Waals surface area contributed by atoms with Crippen molar-refractivity contribution in [1.82, 2.24) is 0 Å². The normalized spacial score (nSPS) is 10.2. The largest absolute Gasteiger partial charge is 0.508 e. The molecule has 0 saturated heterocycles. The molecule has 2 aromatic carbocycles. The van der Waals surface area contributed by atoms with Gasteiger partial charge in [-0.2, -0.15) is 0 Å². The summed E-state index contributed by atoms with van der Waals surface area (Å²) in [7, 11) is 0. The van der Waals surface area contributed by atoms with Gasteiger partial charge in [-0.05, 0) is 42.8 Å². The van der Waals surface area contributed by atoms with E-state index in [-0.39, 0.29) is 11.7 Å². The van der Waals surface area contributed by atoms with Crippen molar-refractivity contribution in [3.63, 3.8) is 0 Å². The van der Waals surface area contributed by atoms with Gasteiger partial charge in [0.15, 0.2) is 0 Å². The van der Waals surface area contributed by atoms with Gasteiger partial charge >= 0.3 is 0 Å². The number of aromatic hydroxyl groups is 1. The summed E-state index contributed by atoms with van der Waals surface area (Å²) in [6.07, 6.45) is 0. The second-order valence-corrected chi connectivity index (χ2v) is 4.62. The predicted molar refractivity (Wildman–Crippen MR) is 76.7 cm³/mol. The Balaban J connectivity index is 2.23. The molecular formula is C14H13ClN2O2. The molecule has 2 rings (SSSR count). The van der Waals surface area contributed by atoms with E-state index < -0.39 is 0 Å². The average molecular weight is 277 g/mol. The highest BCUT2D eigenvalue weighted by Gasteiger charge is 2.10. The maximum Gasteiger partial charge on any atom is 0.255 e. The molecule has 5 heteroatoms. The number of nitrogen functional groups attached to an aromatic ring is 1. The van der Waals surface area contributed by atoms with Crippen molar-refractivity contribution in [2.45, 2.75) is 6.92 Å².